The minimum absolute atomic E-state index is 0.0243. The molecule has 0 bridgehead atoms. The second kappa shape index (κ2) is 8.28. The lowest BCUT2D eigenvalue weighted by Crippen LogP contribution is -2.25. The molecule has 0 spiro atoms. The maximum atomic E-state index is 12.1. The van der Waals surface area contributed by atoms with Crippen LogP contribution in [0.4, 0.5) is 0 Å². The van der Waals surface area contributed by atoms with Crippen LogP contribution in [0.5, 0.6) is 0 Å². The zero-order valence-electron chi connectivity index (χ0n) is 14.0. The lowest BCUT2D eigenvalue weighted by Gasteiger charge is -2.16. The maximum absolute atomic E-state index is 12.1. The largest absolute Gasteiger partial charge is 0.466 e. The molecular weight excluding hydrogens is 314 g/mol. The summed E-state index contributed by atoms with van der Waals surface area (Å²) in [5, 5.41) is 4.12. The molecule has 0 aliphatic carbocycles. The molecule has 0 unspecified atom stereocenters. The summed E-state index contributed by atoms with van der Waals surface area (Å²) >= 11 is 0. The fourth-order valence-corrected chi connectivity index (χ4v) is 1.91. The SMILES string of the molecule is COC(=O)/C=C(C(=O)OC)\C(=N\O[Si](C)(C)C)c1ccccc1. The smallest absolute Gasteiger partial charge is 0.340 e. The van der Waals surface area contributed by atoms with Gasteiger partial charge in [0.1, 0.15) is 5.71 Å². The van der Waals surface area contributed by atoms with Crippen molar-refractivity contribution in [2.75, 3.05) is 14.2 Å². The van der Waals surface area contributed by atoms with E-state index in [1.54, 1.807) is 24.3 Å². The van der Waals surface area contributed by atoms with Crippen molar-refractivity contribution in [3.8, 4) is 0 Å². The van der Waals surface area contributed by atoms with Crippen LogP contribution >= 0.6 is 0 Å². The van der Waals surface area contributed by atoms with Gasteiger partial charge in [-0.3, -0.25) is 0 Å². The first-order chi connectivity index (χ1) is 10.8. The van der Waals surface area contributed by atoms with Crippen molar-refractivity contribution in [1.82, 2.24) is 0 Å². The van der Waals surface area contributed by atoms with Crippen molar-refractivity contribution in [3.05, 3.63) is 47.5 Å². The molecule has 23 heavy (non-hydrogen) atoms. The van der Waals surface area contributed by atoms with E-state index in [0.29, 0.717) is 5.56 Å². The molecule has 6 nitrogen and oxygen atoms in total. The fraction of sp³-hybridized carbons (Fsp3) is 0.312. The van der Waals surface area contributed by atoms with Crippen molar-refractivity contribution in [3.63, 3.8) is 0 Å². The third-order valence-electron chi connectivity index (χ3n) is 2.58. The summed E-state index contributed by atoms with van der Waals surface area (Å²) < 4.78 is 14.9. The van der Waals surface area contributed by atoms with Gasteiger partial charge in [-0.1, -0.05) is 30.3 Å². The summed E-state index contributed by atoms with van der Waals surface area (Å²) in [6.07, 6.45) is 1.05. The normalized spacial score (nSPS) is 12.6. The van der Waals surface area contributed by atoms with Crippen molar-refractivity contribution in [2.45, 2.75) is 19.6 Å². The summed E-state index contributed by atoms with van der Waals surface area (Å²) in [4.78, 5) is 23.7. The van der Waals surface area contributed by atoms with Gasteiger partial charge in [0.25, 0.3) is 8.32 Å². The Balaban J connectivity index is 3.42. The van der Waals surface area contributed by atoms with Gasteiger partial charge in [-0.15, -0.1) is 5.16 Å². The van der Waals surface area contributed by atoms with Gasteiger partial charge < -0.3 is 14.0 Å². The van der Waals surface area contributed by atoms with Gasteiger partial charge in [-0.25, -0.2) is 9.59 Å². The number of rotatable bonds is 6. The number of methoxy groups -OCH3 is 2. The molecule has 0 radical (unpaired) electrons. The van der Waals surface area contributed by atoms with Crippen molar-refractivity contribution >= 4 is 26.0 Å². The zero-order valence-corrected chi connectivity index (χ0v) is 15.0. The Bertz CT molecular complexity index is 617. The molecule has 1 rings (SSSR count). The molecule has 1 aromatic rings. The standard InChI is InChI=1S/C16H21NO5Si/c1-20-14(18)11-13(16(19)21-2)15(17-22-23(3,4)5)12-9-7-6-8-10-12/h6-11H,1-5H3/b13-11+,17-15+. The minimum atomic E-state index is -1.97. The van der Waals surface area contributed by atoms with E-state index >= 15 is 0 Å². The molecule has 7 heteroatoms. The summed E-state index contributed by atoms with van der Waals surface area (Å²) in [6, 6.07) is 8.96. The Morgan fingerprint density at radius 1 is 1.04 bits per heavy atom. The lowest BCUT2D eigenvalue weighted by atomic mass is 10.0. The third kappa shape index (κ3) is 6.07. The average molecular weight is 335 g/mol. The van der Waals surface area contributed by atoms with Crippen LogP contribution < -0.4 is 0 Å². The molecule has 0 atom stereocenters. The molecule has 0 saturated carbocycles. The van der Waals surface area contributed by atoms with E-state index in [0.717, 1.165) is 6.08 Å². The van der Waals surface area contributed by atoms with Crippen LogP contribution in [-0.2, 0) is 23.6 Å². The Kier molecular flexibility index (Phi) is 6.71. The monoisotopic (exact) mass is 335 g/mol. The predicted molar refractivity (Wildman–Crippen MR) is 89.5 cm³/mol. The first-order valence-corrected chi connectivity index (χ1v) is 10.4. The van der Waals surface area contributed by atoms with Gasteiger partial charge in [0.2, 0.25) is 0 Å². The van der Waals surface area contributed by atoms with Crippen molar-refractivity contribution in [2.24, 2.45) is 5.16 Å². The Morgan fingerprint density at radius 3 is 2.13 bits per heavy atom. The molecule has 0 saturated heterocycles. The lowest BCUT2D eigenvalue weighted by molar-refractivity contribution is -0.138. The number of carbonyl (C=O) groups is 2. The van der Waals surface area contributed by atoms with Crippen LogP contribution in [0.25, 0.3) is 0 Å². The number of oxime groups is 1. The maximum Gasteiger partial charge on any atom is 0.340 e. The zero-order chi connectivity index (χ0) is 17.5. The van der Waals surface area contributed by atoms with E-state index < -0.39 is 20.3 Å². The number of carbonyl (C=O) groups excluding carboxylic acids is 2. The molecule has 0 heterocycles. The number of benzene rings is 1. The molecule has 0 aliphatic heterocycles. The Hall–Kier alpha value is -2.41. The van der Waals surface area contributed by atoms with E-state index in [-0.39, 0.29) is 11.3 Å². The van der Waals surface area contributed by atoms with Gasteiger partial charge in [-0.05, 0) is 19.6 Å². The number of nitrogens with zero attached hydrogens (tertiary/aromatic N) is 1. The molecule has 0 aliphatic rings. The van der Waals surface area contributed by atoms with Crippen LogP contribution in [0.3, 0.4) is 0 Å². The van der Waals surface area contributed by atoms with Crippen LogP contribution in [0.15, 0.2) is 47.1 Å². The van der Waals surface area contributed by atoms with E-state index in [1.807, 2.05) is 25.7 Å². The first kappa shape index (κ1) is 18.6. The molecule has 124 valence electrons. The summed E-state index contributed by atoms with van der Waals surface area (Å²) in [5.41, 5.74) is 0.834. The Morgan fingerprint density at radius 2 is 1.65 bits per heavy atom. The fourth-order valence-electron chi connectivity index (χ4n) is 1.55. The Labute approximate surface area is 136 Å². The van der Waals surface area contributed by atoms with Gasteiger partial charge in [-0.2, -0.15) is 0 Å². The molecule has 1 aromatic carbocycles. The van der Waals surface area contributed by atoms with E-state index in [4.69, 9.17) is 9.26 Å². The van der Waals surface area contributed by atoms with Crippen molar-refractivity contribution < 1.29 is 23.6 Å². The summed E-state index contributed by atoms with van der Waals surface area (Å²) in [7, 11) is 0.484. The van der Waals surface area contributed by atoms with Crippen LogP contribution in [0, 0.1) is 0 Å². The number of esters is 2. The summed E-state index contributed by atoms with van der Waals surface area (Å²) in [5.74, 6) is -1.38. The highest BCUT2D eigenvalue weighted by atomic mass is 28.4. The summed E-state index contributed by atoms with van der Waals surface area (Å²) in [6.45, 7) is 5.88. The average Bonchev–Trinajstić information content (AvgIpc) is 2.52. The highest BCUT2D eigenvalue weighted by Crippen LogP contribution is 2.14. The van der Waals surface area contributed by atoms with E-state index in [1.165, 1.54) is 14.2 Å². The highest BCUT2D eigenvalue weighted by molar-refractivity contribution is 6.69. The molecule has 0 N–H and O–H groups in total. The molecule has 0 aromatic heterocycles. The number of hydrogen-bond donors (Lipinski definition) is 0. The van der Waals surface area contributed by atoms with E-state index in [2.05, 4.69) is 9.89 Å². The third-order valence-corrected chi connectivity index (χ3v) is 3.22. The van der Waals surface area contributed by atoms with Gasteiger partial charge >= 0.3 is 11.9 Å². The second-order valence-corrected chi connectivity index (χ2v) is 9.99. The minimum Gasteiger partial charge on any atom is -0.466 e. The molecular formula is C16H21NO5Si. The molecule has 0 fully saturated rings. The molecule has 0 amide bonds. The van der Waals surface area contributed by atoms with Gasteiger partial charge in [0, 0.05) is 11.6 Å². The van der Waals surface area contributed by atoms with Crippen LogP contribution in [-0.4, -0.2) is 40.2 Å². The van der Waals surface area contributed by atoms with Crippen LogP contribution in [0.2, 0.25) is 19.6 Å². The van der Waals surface area contributed by atoms with Crippen LogP contribution in [0.1, 0.15) is 5.56 Å². The highest BCUT2D eigenvalue weighted by Gasteiger charge is 2.23. The number of ether oxygens (including phenoxy) is 2. The second-order valence-electron chi connectivity index (χ2n) is 5.58. The van der Waals surface area contributed by atoms with Gasteiger partial charge in [0.05, 0.1) is 19.8 Å². The number of hydrogen-bond acceptors (Lipinski definition) is 6. The topological polar surface area (TPSA) is 74.2 Å². The first-order valence-electron chi connectivity index (χ1n) is 6.98. The predicted octanol–water partition coefficient (Wildman–Crippen LogP) is 2.51. The van der Waals surface area contributed by atoms with Crippen molar-refractivity contribution in [1.29, 1.82) is 0 Å². The van der Waals surface area contributed by atoms with Gasteiger partial charge in [0.15, 0.2) is 0 Å². The van der Waals surface area contributed by atoms with E-state index in [9.17, 15) is 9.59 Å². The quantitative estimate of drug-likeness (QED) is 0.262.